The number of hydrogen-bond donors (Lipinski definition) is 1. The van der Waals surface area contributed by atoms with Gasteiger partial charge in [0.1, 0.15) is 5.75 Å². The van der Waals surface area contributed by atoms with Gasteiger partial charge in [-0.05, 0) is 49.1 Å². The van der Waals surface area contributed by atoms with Crippen LogP contribution in [-0.4, -0.2) is 24.2 Å². The number of hydrogen-bond acceptors (Lipinski definition) is 5. The molecule has 1 atom stereocenters. The van der Waals surface area contributed by atoms with E-state index in [2.05, 4.69) is 4.98 Å². The molecule has 0 fully saturated rings. The summed E-state index contributed by atoms with van der Waals surface area (Å²) in [6.45, 7) is 2.06. The van der Waals surface area contributed by atoms with Gasteiger partial charge in [0.2, 0.25) is 0 Å². The SMILES string of the molecule is CCOC(=O)COc1ccc(CCC(N)c2cccnc2)cc1. The van der Waals surface area contributed by atoms with Gasteiger partial charge in [-0.25, -0.2) is 4.79 Å². The highest BCUT2D eigenvalue weighted by Crippen LogP contribution is 2.18. The van der Waals surface area contributed by atoms with Gasteiger partial charge in [0.15, 0.2) is 6.61 Å². The van der Waals surface area contributed by atoms with Crippen molar-refractivity contribution in [3.63, 3.8) is 0 Å². The minimum absolute atomic E-state index is 0.0246. The average molecular weight is 314 g/mol. The highest BCUT2D eigenvalue weighted by Gasteiger charge is 2.07. The number of pyridine rings is 1. The maximum Gasteiger partial charge on any atom is 0.344 e. The summed E-state index contributed by atoms with van der Waals surface area (Å²) in [5.74, 6) is 0.289. The number of rotatable bonds is 8. The van der Waals surface area contributed by atoms with E-state index in [4.69, 9.17) is 15.2 Å². The van der Waals surface area contributed by atoms with E-state index in [9.17, 15) is 4.79 Å². The minimum Gasteiger partial charge on any atom is -0.482 e. The molecule has 0 radical (unpaired) electrons. The summed E-state index contributed by atoms with van der Waals surface area (Å²) in [5, 5.41) is 0. The lowest BCUT2D eigenvalue weighted by Gasteiger charge is -2.11. The minimum atomic E-state index is -0.362. The van der Waals surface area contributed by atoms with Gasteiger partial charge in [-0.1, -0.05) is 18.2 Å². The Kier molecular flexibility index (Phi) is 6.56. The standard InChI is InChI=1S/C18H22N2O3/c1-2-22-18(21)13-23-16-8-5-14(6-9-16)7-10-17(19)15-4-3-11-20-12-15/h3-6,8-9,11-12,17H,2,7,10,13,19H2,1H3. The van der Waals surface area contributed by atoms with Crippen molar-refractivity contribution in [2.75, 3.05) is 13.2 Å². The van der Waals surface area contributed by atoms with Crippen LogP contribution in [0.25, 0.3) is 0 Å². The molecule has 1 aromatic heterocycles. The molecule has 5 heteroatoms. The molecular formula is C18H22N2O3. The Labute approximate surface area is 136 Å². The summed E-state index contributed by atoms with van der Waals surface area (Å²) in [4.78, 5) is 15.3. The van der Waals surface area contributed by atoms with E-state index in [0.717, 1.165) is 18.4 Å². The Morgan fingerprint density at radius 3 is 2.70 bits per heavy atom. The maximum atomic E-state index is 11.2. The van der Waals surface area contributed by atoms with Gasteiger partial charge >= 0.3 is 5.97 Å². The second-order valence-electron chi connectivity index (χ2n) is 5.17. The average Bonchev–Trinajstić information content (AvgIpc) is 2.60. The molecule has 0 saturated carbocycles. The zero-order chi connectivity index (χ0) is 16.5. The van der Waals surface area contributed by atoms with Crippen LogP contribution in [0.2, 0.25) is 0 Å². The zero-order valence-corrected chi connectivity index (χ0v) is 13.3. The first-order valence-corrected chi connectivity index (χ1v) is 7.72. The van der Waals surface area contributed by atoms with E-state index in [1.165, 1.54) is 5.56 Å². The van der Waals surface area contributed by atoms with Crippen LogP contribution >= 0.6 is 0 Å². The topological polar surface area (TPSA) is 74.4 Å². The Morgan fingerprint density at radius 1 is 1.26 bits per heavy atom. The molecule has 0 aliphatic heterocycles. The largest absolute Gasteiger partial charge is 0.482 e. The first-order valence-electron chi connectivity index (χ1n) is 7.72. The van der Waals surface area contributed by atoms with Gasteiger partial charge in [-0.15, -0.1) is 0 Å². The molecule has 5 nitrogen and oxygen atoms in total. The molecule has 2 rings (SSSR count). The van der Waals surface area contributed by atoms with Gasteiger partial charge in [-0.3, -0.25) is 4.98 Å². The lowest BCUT2D eigenvalue weighted by atomic mass is 10.0. The molecule has 0 saturated heterocycles. The number of aryl methyl sites for hydroxylation is 1. The van der Waals surface area contributed by atoms with E-state index in [0.29, 0.717) is 12.4 Å². The van der Waals surface area contributed by atoms with Gasteiger partial charge in [0.05, 0.1) is 6.61 Å². The monoisotopic (exact) mass is 314 g/mol. The van der Waals surface area contributed by atoms with Crippen LogP contribution in [0.5, 0.6) is 5.75 Å². The molecule has 1 aromatic carbocycles. The predicted octanol–water partition coefficient (Wildman–Crippen LogP) is 2.66. The van der Waals surface area contributed by atoms with E-state index in [1.54, 1.807) is 19.3 Å². The number of carbonyl (C=O) groups excluding carboxylic acids is 1. The zero-order valence-electron chi connectivity index (χ0n) is 13.3. The van der Waals surface area contributed by atoms with Crippen molar-refractivity contribution in [3.05, 3.63) is 59.9 Å². The van der Waals surface area contributed by atoms with Crippen LogP contribution < -0.4 is 10.5 Å². The third kappa shape index (κ3) is 5.71. The molecule has 0 spiro atoms. The fourth-order valence-electron chi connectivity index (χ4n) is 2.18. The number of carbonyl (C=O) groups is 1. The Bertz CT molecular complexity index is 599. The molecule has 0 bridgehead atoms. The predicted molar refractivity (Wildman–Crippen MR) is 88.1 cm³/mol. The molecule has 122 valence electrons. The first kappa shape index (κ1) is 17.0. The number of nitrogens with zero attached hydrogens (tertiary/aromatic N) is 1. The third-order valence-corrected chi connectivity index (χ3v) is 3.44. The van der Waals surface area contributed by atoms with E-state index < -0.39 is 0 Å². The molecule has 2 N–H and O–H groups in total. The fraction of sp³-hybridized carbons (Fsp3) is 0.333. The van der Waals surface area contributed by atoms with Crippen molar-refractivity contribution in [2.45, 2.75) is 25.8 Å². The number of esters is 1. The Balaban J connectivity index is 1.79. The molecule has 2 aromatic rings. The summed E-state index contributed by atoms with van der Waals surface area (Å²) in [6.07, 6.45) is 5.26. The smallest absolute Gasteiger partial charge is 0.344 e. The molecule has 0 amide bonds. The van der Waals surface area contributed by atoms with Gasteiger partial charge in [0.25, 0.3) is 0 Å². The summed E-state index contributed by atoms with van der Waals surface area (Å²) < 4.78 is 10.2. The van der Waals surface area contributed by atoms with Gasteiger partial charge < -0.3 is 15.2 Å². The third-order valence-electron chi connectivity index (χ3n) is 3.44. The number of benzene rings is 1. The van der Waals surface area contributed by atoms with Crippen LogP contribution in [0, 0.1) is 0 Å². The van der Waals surface area contributed by atoms with Crippen LogP contribution in [0.4, 0.5) is 0 Å². The lowest BCUT2D eigenvalue weighted by Crippen LogP contribution is -2.14. The van der Waals surface area contributed by atoms with Crippen molar-refractivity contribution in [3.8, 4) is 5.75 Å². The quantitative estimate of drug-likeness (QED) is 0.758. The summed E-state index contributed by atoms with van der Waals surface area (Å²) in [6, 6.07) is 11.5. The lowest BCUT2D eigenvalue weighted by molar-refractivity contribution is -0.145. The van der Waals surface area contributed by atoms with E-state index >= 15 is 0 Å². The molecule has 0 aliphatic carbocycles. The van der Waals surface area contributed by atoms with Crippen molar-refractivity contribution in [1.82, 2.24) is 4.98 Å². The van der Waals surface area contributed by atoms with Crippen molar-refractivity contribution >= 4 is 5.97 Å². The summed E-state index contributed by atoms with van der Waals surface area (Å²) in [5.41, 5.74) is 8.38. The fourth-order valence-corrected chi connectivity index (χ4v) is 2.18. The first-order chi connectivity index (χ1) is 11.2. The molecule has 1 unspecified atom stereocenters. The Hall–Kier alpha value is -2.40. The highest BCUT2D eigenvalue weighted by molar-refractivity contribution is 5.71. The number of ether oxygens (including phenoxy) is 2. The van der Waals surface area contributed by atoms with E-state index in [-0.39, 0.29) is 18.6 Å². The van der Waals surface area contributed by atoms with Gasteiger partial charge in [-0.2, -0.15) is 0 Å². The molecular weight excluding hydrogens is 292 g/mol. The second-order valence-corrected chi connectivity index (χ2v) is 5.17. The van der Waals surface area contributed by atoms with Crippen molar-refractivity contribution < 1.29 is 14.3 Å². The summed E-state index contributed by atoms with van der Waals surface area (Å²) >= 11 is 0. The van der Waals surface area contributed by atoms with E-state index in [1.807, 2.05) is 36.4 Å². The highest BCUT2D eigenvalue weighted by atomic mass is 16.6. The second kappa shape index (κ2) is 8.90. The summed E-state index contributed by atoms with van der Waals surface area (Å²) in [7, 11) is 0. The van der Waals surface area contributed by atoms with Crippen LogP contribution in [-0.2, 0) is 16.0 Å². The van der Waals surface area contributed by atoms with Crippen LogP contribution in [0.1, 0.15) is 30.5 Å². The van der Waals surface area contributed by atoms with Gasteiger partial charge in [0, 0.05) is 18.4 Å². The van der Waals surface area contributed by atoms with Crippen LogP contribution in [0.3, 0.4) is 0 Å². The van der Waals surface area contributed by atoms with Crippen molar-refractivity contribution in [1.29, 1.82) is 0 Å². The molecule has 1 heterocycles. The molecule has 23 heavy (non-hydrogen) atoms. The maximum absolute atomic E-state index is 11.2. The molecule has 0 aliphatic rings. The number of aromatic nitrogens is 1. The van der Waals surface area contributed by atoms with Crippen molar-refractivity contribution in [2.24, 2.45) is 5.73 Å². The normalized spacial score (nSPS) is 11.7. The number of nitrogens with two attached hydrogens (primary N) is 1. The van der Waals surface area contributed by atoms with Crippen LogP contribution in [0.15, 0.2) is 48.8 Å². The Morgan fingerprint density at radius 2 is 2.04 bits per heavy atom.